The molecular weight excluding hydrogens is 410 g/mol. The van der Waals surface area contributed by atoms with Crippen LogP contribution >= 0.6 is 0 Å². The lowest BCUT2D eigenvalue weighted by Gasteiger charge is -2.45. The first-order valence-corrected chi connectivity index (χ1v) is 9.19. The smallest absolute Gasteiger partial charge is 0.329 e. The van der Waals surface area contributed by atoms with Crippen LogP contribution in [0.1, 0.15) is 23.1 Å². The molecule has 0 aromatic heterocycles. The highest BCUT2D eigenvalue weighted by Gasteiger charge is 2.64. The summed E-state index contributed by atoms with van der Waals surface area (Å²) in [5, 5.41) is 12.8. The maximum absolute atomic E-state index is 13.6. The third kappa shape index (κ3) is 3.61. The number of halogens is 2. The fraction of sp³-hybridized carbons (Fsp3) is 0.273. The average Bonchev–Trinajstić information content (AvgIpc) is 2.78. The number of nitrogens with zero attached hydrogens (tertiary/aromatic N) is 1. The van der Waals surface area contributed by atoms with Crippen LogP contribution in [0.2, 0.25) is 0 Å². The van der Waals surface area contributed by atoms with Crippen molar-refractivity contribution in [3.63, 3.8) is 0 Å². The number of esters is 2. The van der Waals surface area contributed by atoms with E-state index in [1.54, 1.807) is 0 Å². The molecule has 4 atom stereocenters. The van der Waals surface area contributed by atoms with Gasteiger partial charge in [0.15, 0.2) is 5.41 Å². The zero-order chi connectivity index (χ0) is 22.8. The number of rotatable bonds is 4. The molecule has 3 rings (SSSR count). The monoisotopic (exact) mass is 428 g/mol. The predicted molar refractivity (Wildman–Crippen MR) is 102 cm³/mol. The number of nitriles is 1. The average molecular weight is 428 g/mol. The van der Waals surface area contributed by atoms with Crippen LogP contribution in [-0.4, -0.2) is 32.1 Å². The molecule has 1 fully saturated rings. The molecule has 1 amide bonds. The van der Waals surface area contributed by atoms with E-state index in [2.05, 4.69) is 5.32 Å². The summed E-state index contributed by atoms with van der Waals surface area (Å²) in [6.45, 7) is 0. The first kappa shape index (κ1) is 21.9. The number of methoxy groups -OCH3 is 2. The Morgan fingerprint density at radius 2 is 1.48 bits per heavy atom. The Labute approximate surface area is 176 Å². The summed E-state index contributed by atoms with van der Waals surface area (Å²) in [6.07, 6.45) is 0. The number of ether oxygens (including phenoxy) is 2. The minimum atomic E-state index is -2.14. The second kappa shape index (κ2) is 8.52. The Hall–Kier alpha value is -3.80. The molecule has 1 heterocycles. The zero-order valence-corrected chi connectivity index (χ0v) is 16.6. The molecule has 4 unspecified atom stereocenters. The minimum Gasteiger partial charge on any atom is -0.468 e. The molecule has 1 aliphatic heterocycles. The van der Waals surface area contributed by atoms with Gasteiger partial charge in [0.25, 0.3) is 0 Å². The number of carbonyl (C=O) groups excluding carboxylic acids is 3. The Kier molecular flexibility index (Phi) is 6.02. The highest BCUT2D eigenvalue weighted by molar-refractivity contribution is 6.02. The predicted octanol–water partition coefficient (Wildman–Crippen LogP) is 2.39. The molecular formula is C22H18F2N2O5. The summed E-state index contributed by atoms with van der Waals surface area (Å²) in [5.74, 6) is -6.91. The van der Waals surface area contributed by atoms with Crippen LogP contribution in [0.3, 0.4) is 0 Å². The summed E-state index contributed by atoms with van der Waals surface area (Å²) >= 11 is 0. The Morgan fingerprint density at radius 3 is 1.94 bits per heavy atom. The standard InChI is InChI=1S/C22H18F2N2O5/c1-30-20(28)16-17(12-3-7-14(23)8-4-12)22(11-25,21(29)31-2)18(26-19(16)27)13-5-9-15(24)10-6-13/h3-10,16-18H,1-2H3,(H,26,27). The molecule has 0 bridgehead atoms. The molecule has 0 aliphatic carbocycles. The molecule has 1 saturated heterocycles. The van der Waals surface area contributed by atoms with Gasteiger partial charge < -0.3 is 14.8 Å². The highest BCUT2D eigenvalue weighted by atomic mass is 19.1. The molecule has 7 nitrogen and oxygen atoms in total. The first-order chi connectivity index (χ1) is 14.8. The van der Waals surface area contributed by atoms with E-state index in [0.717, 1.165) is 38.5 Å². The fourth-order valence-corrected chi connectivity index (χ4v) is 4.03. The number of carbonyl (C=O) groups is 3. The number of piperidine rings is 1. The van der Waals surface area contributed by atoms with Crippen molar-refractivity contribution < 1.29 is 32.6 Å². The molecule has 0 saturated carbocycles. The van der Waals surface area contributed by atoms with Crippen molar-refractivity contribution in [2.24, 2.45) is 11.3 Å². The molecule has 160 valence electrons. The van der Waals surface area contributed by atoms with E-state index in [4.69, 9.17) is 9.47 Å². The van der Waals surface area contributed by atoms with Crippen LogP contribution in [-0.2, 0) is 23.9 Å². The summed E-state index contributed by atoms with van der Waals surface area (Å²) in [7, 11) is 2.13. The van der Waals surface area contributed by atoms with E-state index < -0.39 is 52.8 Å². The maximum Gasteiger partial charge on any atom is 0.329 e. The third-order valence-electron chi connectivity index (χ3n) is 5.44. The number of benzene rings is 2. The summed E-state index contributed by atoms with van der Waals surface area (Å²) in [4.78, 5) is 38.6. The second-order valence-electron chi connectivity index (χ2n) is 7.00. The summed E-state index contributed by atoms with van der Waals surface area (Å²) in [6, 6.07) is 10.2. The van der Waals surface area contributed by atoms with Crippen LogP contribution in [0.4, 0.5) is 8.78 Å². The van der Waals surface area contributed by atoms with Gasteiger partial charge in [-0.1, -0.05) is 24.3 Å². The normalized spacial score (nSPS) is 25.1. The van der Waals surface area contributed by atoms with Crippen LogP contribution in [0, 0.1) is 34.3 Å². The van der Waals surface area contributed by atoms with Crippen molar-refractivity contribution in [2.45, 2.75) is 12.0 Å². The lowest BCUT2D eigenvalue weighted by Crippen LogP contribution is -2.60. The fourth-order valence-electron chi connectivity index (χ4n) is 4.03. The molecule has 31 heavy (non-hydrogen) atoms. The van der Waals surface area contributed by atoms with Gasteiger partial charge in [-0.2, -0.15) is 5.26 Å². The summed E-state index contributed by atoms with van der Waals surface area (Å²) in [5.41, 5.74) is -1.71. The van der Waals surface area contributed by atoms with E-state index in [1.807, 2.05) is 6.07 Å². The minimum absolute atomic E-state index is 0.186. The van der Waals surface area contributed by atoms with Gasteiger partial charge in [0.1, 0.15) is 17.6 Å². The third-order valence-corrected chi connectivity index (χ3v) is 5.44. The lowest BCUT2D eigenvalue weighted by atomic mass is 9.59. The molecule has 1 N–H and O–H groups in total. The van der Waals surface area contributed by atoms with Gasteiger partial charge in [-0.25, -0.2) is 8.78 Å². The Morgan fingerprint density at radius 1 is 0.968 bits per heavy atom. The van der Waals surface area contributed by atoms with Crippen molar-refractivity contribution >= 4 is 17.8 Å². The van der Waals surface area contributed by atoms with Gasteiger partial charge >= 0.3 is 11.9 Å². The number of amides is 1. The zero-order valence-electron chi connectivity index (χ0n) is 16.6. The van der Waals surface area contributed by atoms with Crippen molar-refractivity contribution in [1.82, 2.24) is 5.32 Å². The molecule has 1 aliphatic rings. The number of nitrogens with one attached hydrogen (secondary N) is 1. The largest absolute Gasteiger partial charge is 0.468 e. The van der Waals surface area contributed by atoms with E-state index >= 15 is 0 Å². The van der Waals surface area contributed by atoms with Gasteiger partial charge in [-0.05, 0) is 35.4 Å². The maximum atomic E-state index is 13.6. The van der Waals surface area contributed by atoms with E-state index in [1.165, 1.54) is 24.3 Å². The summed E-state index contributed by atoms with van der Waals surface area (Å²) < 4.78 is 36.7. The van der Waals surface area contributed by atoms with Crippen molar-refractivity contribution in [2.75, 3.05) is 14.2 Å². The van der Waals surface area contributed by atoms with Gasteiger partial charge in [0, 0.05) is 5.92 Å². The molecule has 0 spiro atoms. The Bertz CT molecular complexity index is 1050. The van der Waals surface area contributed by atoms with Gasteiger partial charge in [0.05, 0.1) is 26.3 Å². The number of hydrogen-bond acceptors (Lipinski definition) is 6. The van der Waals surface area contributed by atoms with E-state index in [9.17, 15) is 28.4 Å². The number of hydrogen-bond donors (Lipinski definition) is 1. The van der Waals surface area contributed by atoms with E-state index in [0.29, 0.717) is 0 Å². The molecule has 2 aromatic carbocycles. The van der Waals surface area contributed by atoms with Crippen LogP contribution in [0.15, 0.2) is 48.5 Å². The highest BCUT2D eigenvalue weighted by Crippen LogP contribution is 2.53. The van der Waals surface area contributed by atoms with Crippen LogP contribution in [0.25, 0.3) is 0 Å². The molecule has 9 heteroatoms. The van der Waals surface area contributed by atoms with Gasteiger partial charge in [0.2, 0.25) is 5.91 Å². The molecule has 2 aromatic rings. The van der Waals surface area contributed by atoms with Crippen molar-refractivity contribution in [3.8, 4) is 6.07 Å². The molecule has 0 radical (unpaired) electrons. The Balaban J connectivity index is 2.33. The quantitative estimate of drug-likeness (QED) is 0.592. The van der Waals surface area contributed by atoms with Crippen LogP contribution in [0.5, 0.6) is 0 Å². The topological polar surface area (TPSA) is 105 Å². The van der Waals surface area contributed by atoms with Crippen molar-refractivity contribution in [3.05, 3.63) is 71.3 Å². The van der Waals surface area contributed by atoms with Crippen LogP contribution < -0.4 is 5.32 Å². The lowest BCUT2D eigenvalue weighted by molar-refractivity contribution is -0.164. The second-order valence-corrected chi connectivity index (χ2v) is 7.00. The SMILES string of the molecule is COC(=O)C1C(=O)NC(c2ccc(F)cc2)C(C#N)(C(=O)OC)C1c1ccc(F)cc1. The first-order valence-electron chi connectivity index (χ1n) is 9.19. The van der Waals surface area contributed by atoms with Gasteiger partial charge in [-0.15, -0.1) is 0 Å². The van der Waals surface area contributed by atoms with Crippen molar-refractivity contribution in [1.29, 1.82) is 5.26 Å². The van der Waals surface area contributed by atoms with E-state index in [-0.39, 0.29) is 11.1 Å². The van der Waals surface area contributed by atoms with Gasteiger partial charge in [-0.3, -0.25) is 14.4 Å².